The SMILES string of the molecule is CC(C)CC(C)NC(=O)c1ccccc1. The molecule has 1 amide bonds. The minimum atomic E-state index is 0.0174. The second-order valence-corrected chi connectivity index (χ2v) is 4.37. The highest BCUT2D eigenvalue weighted by Gasteiger charge is 2.09. The van der Waals surface area contributed by atoms with E-state index in [-0.39, 0.29) is 11.9 Å². The van der Waals surface area contributed by atoms with E-state index < -0.39 is 0 Å². The van der Waals surface area contributed by atoms with Crippen LogP contribution in [0, 0.1) is 5.92 Å². The van der Waals surface area contributed by atoms with E-state index >= 15 is 0 Å². The highest BCUT2D eigenvalue weighted by atomic mass is 16.1. The van der Waals surface area contributed by atoms with Crippen LogP contribution in [0.5, 0.6) is 0 Å². The minimum absolute atomic E-state index is 0.0174. The maximum atomic E-state index is 11.7. The number of nitrogens with one attached hydrogen (secondary N) is 1. The van der Waals surface area contributed by atoms with E-state index in [1.807, 2.05) is 37.3 Å². The van der Waals surface area contributed by atoms with Crippen molar-refractivity contribution >= 4 is 5.91 Å². The Morgan fingerprint density at radius 2 is 1.80 bits per heavy atom. The highest BCUT2D eigenvalue weighted by Crippen LogP contribution is 2.05. The lowest BCUT2D eigenvalue weighted by Crippen LogP contribution is -2.33. The molecule has 1 rings (SSSR count). The number of hydrogen-bond acceptors (Lipinski definition) is 1. The van der Waals surface area contributed by atoms with E-state index in [0.717, 1.165) is 12.0 Å². The zero-order valence-electron chi connectivity index (χ0n) is 9.66. The fourth-order valence-corrected chi connectivity index (χ4v) is 1.66. The summed E-state index contributed by atoms with van der Waals surface area (Å²) in [5.41, 5.74) is 0.730. The first-order valence-corrected chi connectivity index (χ1v) is 5.45. The number of rotatable bonds is 4. The molecule has 0 saturated heterocycles. The van der Waals surface area contributed by atoms with E-state index in [0.29, 0.717) is 5.92 Å². The van der Waals surface area contributed by atoms with Crippen LogP contribution in [0.25, 0.3) is 0 Å². The molecule has 0 radical (unpaired) electrons. The van der Waals surface area contributed by atoms with Crippen molar-refractivity contribution < 1.29 is 4.79 Å². The van der Waals surface area contributed by atoms with Gasteiger partial charge in [-0.1, -0.05) is 32.0 Å². The normalized spacial score (nSPS) is 12.5. The molecule has 0 fully saturated rings. The summed E-state index contributed by atoms with van der Waals surface area (Å²) in [6.07, 6.45) is 1.01. The Morgan fingerprint density at radius 3 is 2.33 bits per heavy atom. The Balaban J connectivity index is 2.49. The van der Waals surface area contributed by atoms with Gasteiger partial charge in [0.05, 0.1) is 0 Å². The van der Waals surface area contributed by atoms with Gasteiger partial charge in [0.25, 0.3) is 5.91 Å². The molecular formula is C13H19NO. The summed E-state index contributed by atoms with van der Waals surface area (Å²) in [4.78, 5) is 11.7. The Kier molecular flexibility index (Phi) is 4.35. The average molecular weight is 205 g/mol. The van der Waals surface area contributed by atoms with Crippen molar-refractivity contribution in [3.63, 3.8) is 0 Å². The van der Waals surface area contributed by atoms with Gasteiger partial charge in [-0.25, -0.2) is 0 Å². The van der Waals surface area contributed by atoms with Crippen molar-refractivity contribution in [1.82, 2.24) is 5.32 Å². The molecule has 0 saturated carbocycles. The number of hydrogen-bond donors (Lipinski definition) is 1. The van der Waals surface area contributed by atoms with Gasteiger partial charge >= 0.3 is 0 Å². The Bertz CT molecular complexity index is 306. The largest absolute Gasteiger partial charge is 0.350 e. The van der Waals surface area contributed by atoms with Crippen molar-refractivity contribution in [3.8, 4) is 0 Å². The van der Waals surface area contributed by atoms with Crippen molar-refractivity contribution in [1.29, 1.82) is 0 Å². The van der Waals surface area contributed by atoms with Gasteiger partial charge in [0.2, 0.25) is 0 Å². The Morgan fingerprint density at radius 1 is 1.20 bits per heavy atom. The number of carbonyl (C=O) groups is 1. The zero-order valence-corrected chi connectivity index (χ0v) is 9.66. The molecule has 0 aliphatic rings. The lowest BCUT2D eigenvalue weighted by Gasteiger charge is -2.15. The predicted octanol–water partition coefficient (Wildman–Crippen LogP) is 2.85. The third-order valence-electron chi connectivity index (χ3n) is 2.24. The van der Waals surface area contributed by atoms with Crippen molar-refractivity contribution in [2.45, 2.75) is 33.2 Å². The van der Waals surface area contributed by atoms with Crippen LogP contribution < -0.4 is 5.32 Å². The molecule has 0 spiro atoms. The highest BCUT2D eigenvalue weighted by molar-refractivity contribution is 5.94. The van der Waals surface area contributed by atoms with Crippen LogP contribution in [0.15, 0.2) is 30.3 Å². The fraction of sp³-hybridized carbons (Fsp3) is 0.462. The number of carbonyl (C=O) groups excluding carboxylic acids is 1. The second-order valence-electron chi connectivity index (χ2n) is 4.37. The molecule has 0 bridgehead atoms. The smallest absolute Gasteiger partial charge is 0.251 e. The maximum absolute atomic E-state index is 11.7. The maximum Gasteiger partial charge on any atom is 0.251 e. The van der Waals surface area contributed by atoms with Gasteiger partial charge in [-0.05, 0) is 31.4 Å². The predicted molar refractivity (Wildman–Crippen MR) is 62.8 cm³/mol. The first-order valence-electron chi connectivity index (χ1n) is 5.45. The van der Waals surface area contributed by atoms with Gasteiger partial charge < -0.3 is 5.32 Å². The van der Waals surface area contributed by atoms with Crippen LogP contribution in [0.4, 0.5) is 0 Å². The summed E-state index contributed by atoms with van der Waals surface area (Å²) in [7, 11) is 0. The standard InChI is InChI=1S/C13H19NO/c1-10(2)9-11(3)14-13(15)12-7-5-4-6-8-12/h4-8,10-11H,9H2,1-3H3,(H,14,15). The van der Waals surface area contributed by atoms with Crippen molar-refractivity contribution in [2.75, 3.05) is 0 Å². The molecule has 2 heteroatoms. The van der Waals surface area contributed by atoms with Crippen molar-refractivity contribution in [3.05, 3.63) is 35.9 Å². The van der Waals surface area contributed by atoms with Gasteiger partial charge in [0, 0.05) is 11.6 Å². The molecule has 0 aliphatic carbocycles. The summed E-state index contributed by atoms with van der Waals surface area (Å²) in [5, 5.41) is 2.99. The van der Waals surface area contributed by atoms with Gasteiger partial charge in [-0.15, -0.1) is 0 Å². The van der Waals surface area contributed by atoms with E-state index in [1.165, 1.54) is 0 Å². The van der Waals surface area contributed by atoms with E-state index in [1.54, 1.807) is 0 Å². The minimum Gasteiger partial charge on any atom is -0.350 e. The average Bonchev–Trinajstić information content (AvgIpc) is 2.17. The molecule has 1 aromatic carbocycles. The fourth-order valence-electron chi connectivity index (χ4n) is 1.66. The Labute approximate surface area is 91.7 Å². The van der Waals surface area contributed by atoms with E-state index in [2.05, 4.69) is 19.2 Å². The molecular weight excluding hydrogens is 186 g/mol. The quantitative estimate of drug-likeness (QED) is 0.804. The van der Waals surface area contributed by atoms with Gasteiger partial charge in [0.15, 0.2) is 0 Å². The summed E-state index contributed by atoms with van der Waals surface area (Å²) in [5.74, 6) is 0.625. The number of amides is 1. The second kappa shape index (κ2) is 5.54. The third-order valence-corrected chi connectivity index (χ3v) is 2.24. The zero-order chi connectivity index (χ0) is 11.3. The van der Waals surface area contributed by atoms with Crippen LogP contribution in [0.1, 0.15) is 37.6 Å². The third kappa shape index (κ3) is 4.15. The first-order chi connectivity index (χ1) is 7.09. The van der Waals surface area contributed by atoms with E-state index in [4.69, 9.17) is 0 Å². The van der Waals surface area contributed by atoms with Crippen LogP contribution >= 0.6 is 0 Å². The molecule has 15 heavy (non-hydrogen) atoms. The molecule has 2 nitrogen and oxygen atoms in total. The molecule has 1 N–H and O–H groups in total. The topological polar surface area (TPSA) is 29.1 Å². The summed E-state index contributed by atoms with van der Waals surface area (Å²) in [6, 6.07) is 9.56. The molecule has 0 heterocycles. The van der Waals surface area contributed by atoms with Gasteiger partial charge in [-0.3, -0.25) is 4.79 Å². The van der Waals surface area contributed by atoms with Crippen LogP contribution in [0.2, 0.25) is 0 Å². The molecule has 1 aromatic rings. The molecule has 0 aliphatic heterocycles. The lowest BCUT2D eigenvalue weighted by atomic mass is 10.0. The van der Waals surface area contributed by atoms with Crippen molar-refractivity contribution in [2.24, 2.45) is 5.92 Å². The summed E-state index contributed by atoms with van der Waals surface area (Å²) < 4.78 is 0. The monoisotopic (exact) mass is 205 g/mol. The lowest BCUT2D eigenvalue weighted by molar-refractivity contribution is 0.0936. The van der Waals surface area contributed by atoms with Crippen LogP contribution in [-0.4, -0.2) is 11.9 Å². The number of benzene rings is 1. The molecule has 1 unspecified atom stereocenters. The van der Waals surface area contributed by atoms with Gasteiger partial charge in [0.1, 0.15) is 0 Å². The van der Waals surface area contributed by atoms with Crippen LogP contribution in [0.3, 0.4) is 0 Å². The molecule has 82 valence electrons. The van der Waals surface area contributed by atoms with E-state index in [9.17, 15) is 4.79 Å². The first kappa shape index (κ1) is 11.8. The Hall–Kier alpha value is -1.31. The summed E-state index contributed by atoms with van der Waals surface area (Å²) in [6.45, 7) is 6.36. The molecule has 1 atom stereocenters. The molecule has 0 aromatic heterocycles. The van der Waals surface area contributed by atoms with Crippen LogP contribution in [-0.2, 0) is 0 Å². The summed E-state index contributed by atoms with van der Waals surface area (Å²) >= 11 is 0. The van der Waals surface area contributed by atoms with Gasteiger partial charge in [-0.2, -0.15) is 0 Å².